The Morgan fingerprint density at radius 3 is 2.28 bits per heavy atom. The van der Waals surface area contributed by atoms with Gasteiger partial charge >= 0.3 is 5.97 Å². The molecular formula is C28H28N2O8S. The van der Waals surface area contributed by atoms with Crippen LogP contribution in [0.25, 0.3) is 22.4 Å². The second kappa shape index (κ2) is 12.0. The van der Waals surface area contributed by atoms with E-state index in [1.807, 2.05) is 0 Å². The SMILES string of the molecule is CCOC(=O)c1c(-c2ccc(OC)cc2)c(C#N)c(=S)n([C@H]2O[C@@H](CO)[C@@H](O)[C@@H](O)[C@@H]2O)c1-c1ccccc1. The van der Waals surface area contributed by atoms with E-state index in [0.717, 1.165) is 0 Å². The van der Waals surface area contributed by atoms with Gasteiger partial charge in [-0.15, -0.1) is 0 Å². The highest BCUT2D eigenvalue weighted by molar-refractivity contribution is 7.71. The normalized spacial score (nSPS) is 22.6. The topological polar surface area (TPSA) is 154 Å². The van der Waals surface area contributed by atoms with Crippen molar-refractivity contribution in [3.05, 3.63) is 70.4 Å². The molecule has 39 heavy (non-hydrogen) atoms. The Balaban J connectivity index is 2.16. The van der Waals surface area contributed by atoms with Crippen LogP contribution in [0, 0.1) is 16.0 Å². The van der Waals surface area contributed by atoms with Gasteiger partial charge in [0, 0.05) is 5.56 Å². The number of hydrogen-bond acceptors (Lipinski definition) is 10. The van der Waals surface area contributed by atoms with Crippen molar-refractivity contribution >= 4 is 18.2 Å². The van der Waals surface area contributed by atoms with E-state index >= 15 is 0 Å². The van der Waals surface area contributed by atoms with E-state index in [1.165, 1.54) is 11.7 Å². The van der Waals surface area contributed by atoms with Crippen molar-refractivity contribution in [1.29, 1.82) is 5.26 Å². The molecule has 0 bridgehead atoms. The van der Waals surface area contributed by atoms with Crippen LogP contribution in [-0.2, 0) is 9.47 Å². The molecule has 2 aromatic carbocycles. The Labute approximate surface area is 229 Å². The third-order valence-electron chi connectivity index (χ3n) is 6.55. The summed E-state index contributed by atoms with van der Waals surface area (Å²) >= 11 is 5.77. The first-order valence-electron chi connectivity index (χ1n) is 12.2. The molecule has 5 atom stereocenters. The fourth-order valence-electron chi connectivity index (χ4n) is 4.66. The van der Waals surface area contributed by atoms with Gasteiger partial charge in [0.2, 0.25) is 0 Å². The maximum absolute atomic E-state index is 13.7. The minimum Gasteiger partial charge on any atom is -0.497 e. The summed E-state index contributed by atoms with van der Waals surface area (Å²) in [5.41, 5.74) is 1.24. The highest BCUT2D eigenvalue weighted by Gasteiger charge is 2.46. The van der Waals surface area contributed by atoms with Gasteiger partial charge in [-0.2, -0.15) is 5.26 Å². The molecule has 1 saturated heterocycles. The van der Waals surface area contributed by atoms with Gasteiger partial charge in [0.05, 0.1) is 37.1 Å². The van der Waals surface area contributed by atoms with E-state index in [2.05, 4.69) is 6.07 Å². The molecule has 11 heteroatoms. The monoisotopic (exact) mass is 552 g/mol. The number of hydrogen-bond donors (Lipinski definition) is 4. The van der Waals surface area contributed by atoms with Gasteiger partial charge in [-0.25, -0.2) is 4.79 Å². The fraction of sp³-hybridized carbons (Fsp3) is 0.321. The zero-order valence-electron chi connectivity index (χ0n) is 21.2. The molecule has 4 rings (SSSR count). The van der Waals surface area contributed by atoms with Crippen molar-refractivity contribution in [2.75, 3.05) is 20.3 Å². The number of rotatable bonds is 7. The lowest BCUT2D eigenvalue weighted by molar-refractivity contribution is -0.251. The molecule has 4 N–H and O–H groups in total. The van der Waals surface area contributed by atoms with Crippen LogP contribution < -0.4 is 4.74 Å². The average Bonchev–Trinajstić information content (AvgIpc) is 2.96. The Kier molecular flexibility index (Phi) is 8.76. The number of nitriles is 1. The summed E-state index contributed by atoms with van der Waals surface area (Å²) in [5.74, 6) is -0.198. The molecule has 0 aliphatic carbocycles. The molecule has 0 spiro atoms. The van der Waals surface area contributed by atoms with E-state index in [0.29, 0.717) is 16.9 Å². The molecule has 0 unspecified atom stereocenters. The third-order valence-corrected chi connectivity index (χ3v) is 6.95. The molecule has 1 aromatic heterocycles. The van der Waals surface area contributed by atoms with Gasteiger partial charge in [-0.3, -0.25) is 0 Å². The van der Waals surface area contributed by atoms with Gasteiger partial charge < -0.3 is 39.2 Å². The first kappa shape index (κ1) is 28.4. The van der Waals surface area contributed by atoms with Crippen molar-refractivity contribution in [2.45, 2.75) is 37.6 Å². The van der Waals surface area contributed by atoms with Crippen molar-refractivity contribution in [1.82, 2.24) is 4.57 Å². The molecule has 0 radical (unpaired) electrons. The van der Waals surface area contributed by atoms with E-state index in [-0.39, 0.29) is 33.6 Å². The smallest absolute Gasteiger partial charge is 0.340 e. The molecule has 3 aromatic rings. The highest BCUT2D eigenvalue weighted by atomic mass is 32.1. The van der Waals surface area contributed by atoms with E-state index in [9.17, 15) is 30.5 Å². The number of esters is 1. The number of aromatic nitrogens is 1. The summed E-state index contributed by atoms with van der Waals surface area (Å²) in [4.78, 5) is 13.7. The molecule has 1 aliphatic rings. The third kappa shape index (κ3) is 5.18. The van der Waals surface area contributed by atoms with E-state index in [1.54, 1.807) is 61.5 Å². The summed E-state index contributed by atoms with van der Waals surface area (Å²) in [5, 5.41) is 52.0. The molecule has 2 heterocycles. The Hall–Kier alpha value is -3.63. The van der Waals surface area contributed by atoms with Crippen LogP contribution in [0.2, 0.25) is 0 Å². The molecule has 1 aliphatic heterocycles. The number of aliphatic hydroxyl groups is 4. The average molecular weight is 553 g/mol. The lowest BCUT2D eigenvalue weighted by Crippen LogP contribution is -2.56. The highest BCUT2D eigenvalue weighted by Crippen LogP contribution is 2.41. The quantitative estimate of drug-likeness (QED) is 0.254. The van der Waals surface area contributed by atoms with Crippen molar-refractivity contribution < 1.29 is 39.4 Å². The van der Waals surface area contributed by atoms with Gasteiger partial charge in [-0.05, 0) is 30.2 Å². The zero-order chi connectivity index (χ0) is 28.3. The number of pyridine rings is 1. The van der Waals surface area contributed by atoms with Gasteiger partial charge in [0.1, 0.15) is 40.9 Å². The lowest BCUT2D eigenvalue weighted by Gasteiger charge is -2.42. The summed E-state index contributed by atoms with van der Waals surface area (Å²) in [6.45, 7) is 1.01. The largest absolute Gasteiger partial charge is 0.497 e. The van der Waals surface area contributed by atoms with E-state index < -0.39 is 43.2 Å². The molecule has 204 valence electrons. The summed E-state index contributed by atoms with van der Waals surface area (Å²) < 4.78 is 17.7. The number of carbonyl (C=O) groups excluding carboxylic acids is 1. The van der Waals surface area contributed by atoms with Crippen LogP contribution in [0.5, 0.6) is 5.75 Å². The maximum atomic E-state index is 13.7. The second-order valence-corrected chi connectivity index (χ2v) is 9.18. The summed E-state index contributed by atoms with van der Waals surface area (Å²) in [6.07, 6.45) is -7.80. The van der Waals surface area contributed by atoms with Crippen LogP contribution in [0.1, 0.15) is 29.1 Å². The number of ether oxygens (including phenoxy) is 3. The minimum absolute atomic E-state index is 0.0182. The van der Waals surface area contributed by atoms with Crippen LogP contribution in [0.4, 0.5) is 0 Å². The van der Waals surface area contributed by atoms with Crippen molar-refractivity contribution in [3.63, 3.8) is 0 Å². The number of benzene rings is 2. The minimum atomic E-state index is -1.73. The number of carbonyl (C=O) groups is 1. The molecule has 10 nitrogen and oxygen atoms in total. The van der Waals surface area contributed by atoms with Crippen molar-refractivity contribution in [3.8, 4) is 34.2 Å². The van der Waals surface area contributed by atoms with Gasteiger partial charge in [-0.1, -0.05) is 54.7 Å². The van der Waals surface area contributed by atoms with Crippen LogP contribution in [0.3, 0.4) is 0 Å². The van der Waals surface area contributed by atoms with Crippen LogP contribution in [0.15, 0.2) is 54.6 Å². The number of methoxy groups -OCH3 is 1. The van der Waals surface area contributed by atoms with Gasteiger partial charge in [0.25, 0.3) is 0 Å². The van der Waals surface area contributed by atoms with E-state index in [4.69, 9.17) is 26.4 Å². The molecular weight excluding hydrogens is 524 g/mol. The number of aliphatic hydroxyl groups excluding tert-OH is 4. The Morgan fingerprint density at radius 2 is 1.72 bits per heavy atom. The first-order chi connectivity index (χ1) is 18.8. The van der Waals surface area contributed by atoms with Crippen LogP contribution >= 0.6 is 12.2 Å². The van der Waals surface area contributed by atoms with Gasteiger partial charge in [0.15, 0.2) is 6.23 Å². The molecule has 1 fully saturated rings. The molecule has 0 amide bonds. The lowest BCUT2D eigenvalue weighted by atomic mass is 9.90. The summed E-state index contributed by atoms with van der Waals surface area (Å²) in [7, 11) is 1.51. The second-order valence-electron chi connectivity index (χ2n) is 8.80. The fourth-order valence-corrected chi connectivity index (χ4v) is 5.01. The molecule has 0 saturated carbocycles. The summed E-state index contributed by atoms with van der Waals surface area (Å²) in [6, 6.07) is 17.4. The predicted molar refractivity (Wildman–Crippen MR) is 142 cm³/mol. The predicted octanol–water partition coefficient (Wildman–Crippen LogP) is 2.58. The standard InChI is InChI=1S/C28H28N2O8S/c1-3-37-28(35)21-20(15-9-11-17(36-2)12-10-15)18(13-29)27(39)30(22(21)16-7-5-4-6-8-16)26-25(34)24(33)23(32)19(14-31)38-26/h4-12,19,23-26,31-34H,3,14H2,1-2H3/t19-,23+,24+,25-,26-/m0/s1. The first-order valence-corrected chi connectivity index (χ1v) is 12.6. The Morgan fingerprint density at radius 1 is 1.05 bits per heavy atom. The number of nitrogens with zero attached hydrogens (tertiary/aromatic N) is 2. The zero-order valence-corrected chi connectivity index (χ0v) is 22.0. The van der Waals surface area contributed by atoms with Crippen LogP contribution in [-0.4, -0.2) is 75.7 Å². The maximum Gasteiger partial charge on any atom is 0.340 e. The Bertz CT molecular complexity index is 1430. The van der Waals surface area contributed by atoms with Crippen molar-refractivity contribution in [2.24, 2.45) is 0 Å².